The molecule has 1 unspecified atom stereocenters. The number of ether oxygens (including phenoxy) is 1. The number of carbonyl (C=O) groups is 1. The van der Waals surface area contributed by atoms with Crippen molar-refractivity contribution in [2.24, 2.45) is 0 Å². The van der Waals surface area contributed by atoms with E-state index in [9.17, 15) is 4.79 Å². The molecular formula is C17H28ClO4P. The first-order chi connectivity index (χ1) is 10.7. The highest BCUT2D eigenvalue weighted by Crippen LogP contribution is 2.26. The van der Waals surface area contributed by atoms with Crippen LogP contribution in [0.4, 0.5) is 0 Å². The van der Waals surface area contributed by atoms with Gasteiger partial charge in [-0.2, -0.15) is 0 Å². The van der Waals surface area contributed by atoms with Crippen molar-refractivity contribution < 1.29 is 18.6 Å². The van der Waals surface area contributed by atoms with Crippen LogP contribution in [0, 0.1) is 20.8 Å². The Kier molecular flexibility index (Phi) is 10.9. The number of Topliss-reactive ketones (excluding diaryl/α,β-unsaturated/α-hetero) is 1. The van der Waals surface area contributed by atoms with Crippen molar-refractivity contribution in [1.82, 2.24) is 0 Å². The molecule has 0 heterocycles. The molecule has 0 amide bonds. The Bertz CT molecular complexity index is 476. The molecule has 0 N–H and O–H groups in total. The molecule has 0 aromatic heterocycles. The van der Waals surface area contributed by atoms with Crippen LogP contribution < -0.4 is 0 Å². The summed E-state index contributed by atoms with van der Waals surface area (Å²) in [6, 6.07) is 3.95. The monoisotopic (exact) mass is 362 g/mol. The van der Waals surface area contributed by atoms with E-state index < -0.39 is 5.06 Å². The molecule has 0 aliphatic carbocycles. The molecule has 1 atom stereocenters. The van der Waals surface area contributed by atoms with Crippen molar-refractivity contribution >= 4 is 26.4 Å². The second-order valence-corrected chi connectivity index (χ2v) is 6.64. The Morgan fingerprint density at radius 2 is 1.57 bits per heavy atom. The summed E-state index contributed by atoms with van der Waals surface area (Å²) >= 11 is 6.02. The minimum atomic E-state index is -1.29. The van der Waals surface area contributed by atoms with E-state index in [2.05, 4.69) is 0 Å². The molecule has 1 rings (SSSR count). The van der Waals surface area contributed by atoms with Crippen molar-refractivity contribution in [2.75, 3.05) is 20.3 Å². The van der Waals surface area contributed by atoms with E-state index in [1.165, 1.54) is 7.11 Å². The van der Waals surface area contributed by atoms with Crippen molar-refractivity contribution in [3.8, 4) is 0 Å². The first kappa shape index (κ1) is 22.5. The lowest BCUT2D eigenvalue weighted by Gasteiger charge is -2.21. The second-order valence-electron chi connectivity index (χ2n) is 5.17. The Labute approximate surface area is 146 Å². The smallest absolute Gasteiger partial charge is 0.210 e. The maximum absolute atomic E-state index is 12.2. The minimum absolute atomic E-state index is 0.188. The van der Waals surface area contributed by atoms with Gasteiger partial charge in [-0.15, -0.1) is 0 Å². The quantitative estimate of drug-likeness (QED) is 0.297. The average molecular weight is 363 g/mol. The Morgan fingerprint density at radius 3 is 1.91 bits per heavy atom. The van der Waals surface area contributed by atoms with Crippen LogP contribution in [0.1, 0.15) is 47.8 Å². The van der Waals surface area contributed by atoms with E-state index in [1.807, 2.05) is 46.8 Å². The van der Waals surface area contributed by atoms with Crippen LogP contribution in [-0.2, 0) is 13.8 Å². The second kappa shape index (κ2) is 11.1. The summed E-state index contributed by atoms with van der Waals surface area (Å²) in [7, 11) is 1.67. The third kappa shape index (κ3) is 7.73. The first-order valence-electron chi connectivity index (χ1n) is 7.56. The standard InChI is InChI=1S/C13H17ClO2.C4H11O2P/c1-8-6-9(2)11(10(3)7-8)12(15)13(4,14)16-5;1-3-5-7-6-4-2/h6-7H,1-5H3;7H,3-4H2,1-2H3. The minimum Gasteiger partial charge on any atom is -0.356 e. The number of aryl methyl sites for hydroxylation is 3. The van der Waals surface area contributed by atoms with E-state index >= 15 is 0 Å². The zero-order chi connectivity index (χ0) is 18.0. The van der Waals surface area contributed by atoms with Gasteiger partial charge >= 0.3 is 0 Å². The molecule has 0 bridgehead atoms. The van der Waals surface area contributed by atoms with Crippen LogP contribution >= 0.6 is 20.6 Å². The number of rotatable bonds is 7. The third-order valence-corrected chi connectivity index (χ3v) is 4.24. The van der Waals surface area contributed by atoms with Crippen molar-refractivity contribution in [1.29, 1.82) is 0 Å². The lowest BCUT2D eigenvalue weighted by molar-refractivity contribution is 0.0513. The number of alkyl halides is 1. The predicted molar refractivity (Wildman–Crippen MR) is 97.8 cm³/mol. The lowest BCUT2D eigenvalue weighted by atomic mass is 9.94. The number of hydrogen-bond donors (Lipinski definition) is 0. The van der Waals surface area contributed by atoms with Gasteiger partial charge in [0, 0.05) is 12.7 Å². The molecule has 0 fully saturated rings. The van der Waals surface area contributed by atoms with Crippen LogP contribution in [0.15, 0.2) is 12.1 Å². The Balaban J connectivity index is 0.000000585. The van der Waals surface area contributed by atoms with E-state index in [-0.39, 0.29) is 14.8 Å². The molecule has 0 spiro atoms. The van der Waals surface area contributed by atoms with Crippen molar-refractivity contribution in [2.45, 2.75) is 46.6 Å². The van der Waals surface area contributed by atoms with E-state index in [4.69, 9.17) is 25.4 Å². The summed E-state index contributed by atoms with van der Waals surface area (Å²) in [5, 5.41) is -1.29. The van der Waals surface area contributed by atoms with Gasteiger partial charge in [-0.25, -0.2) is 0 Å². The highest BCUT2D eigenvalue weighted by Gasteiger charge is 2.33. The fourth-order valence-electron chi connectivity index (χ4n) is 2.01. The van der Waals surface area contributed by atoms with Crippen LogP contribution in [-0.4, -0.2) is 31.2 Å². The maximum atomic E-state index is 12.2. The molecule has 1 aromatic carbocycles. The Hall–Kier alpha value is -0.510. The highest BCUT2D eigenvalue weighted by atomic mass is 35.5. The summed E-state index contributed by atoms with van der Waals surface area (Å²) in [5.74, 6) is -0.188. The molecule has 23 heavy (non-hydrogen) atoms. The number of methoxy groups -OCH3 is 1. The normalized spacial score (nSPS) is 13.0. The summed E-state index contributed by atoms with van der Waals surface area (Å²) in [6.07, 6.45) is 0. The number of benzene rings is 1. The number of ketones is 1. The van der Waals surface area contributed by atoms with Gasteiger partial charge in [-0.05, 0) is 52.7 Å². The summed E-state index contributed by atoms with van der Waals surface area (Å²) in [5.41, 5.74) is 3.67. The topological polar surface area (TPSA) is 44.8 Å². The van der Waals surface area contributed by atoms with Gasteiger partial charge in [-0.3, -0.25) is 4.79 Å². The predicted octanol–water partition coefficient (Wildman–Crippen LogP) is 4.96. The molecule has 4 nitrogen and oxygen atoms in total. The zero-order valence-electron chi connectivity index (χ0n) is 15.1. The molecule has 0 radical (unpaired) electrons. The van der Waals surface area contributed by atoms with Gasteiger partial charge < -0.3 is 13.8 Å². The summed E-state index contributed by atoms with van der Waals surface area (Å²) < 4.78 is 14.8. The molecule has 0 saturated heterocycles. The van der Waals surface area contributed by atoms with Crippen LogP contribution in [0.5, 0.6) is 0 Å². The largest absolute Gasteiger partial charge is 0.356 e. The SMILES string of the molecule is CCOPOCC.COC(C)(Cl)C(=O)c1c(C)cc(C)cc1C. The molecule has 1 aromatic rings. The fraction of sp³-hybridized carbons (Fsp3) is 0.588. The molecule has 0 aliphatic rings. The fourth-order valence-corrected chi connectivity index (χ4v) is 2.43. The molecule has 6 heteroatoms. The number of hydrogen-bond acceptors (Lipinski definition) is 4. The summed E-state index contributed by atoms with van der Waals surface area (Å²) in [4.78, 5) is 12.2. The van der Waals surface area contributed by atoms with Crippen molar-refractivity contribution in [3.63, 3.8) is 0 Å². The lowest BCUT2D eigenvalue weighted by Crippen LogP contribution is -2.32. The maximum Gasteiger partial charge on any atom is 0.210 e. The average Bonchev–Trinajstić information content (AvgIpc) is 2.47. The van der Waals surface area contributed by atoms with Crippen LogP contribution in [0.3, 0.4) is 0 Å². The number of halogens is 1. The summed E-state index contributed by atoms with van der Waals surface area (Å²) in [6.45, 7) is 12.8. The van der Waals surface area contributed by atoms with Gasteiger partial charge in [0.1, 0.15) is 0 Å². The van der Waals surface area contributed by atoms with Gasteiger partial charge in [0.05, 0.1) is 13.2 Å². The first-order valence-corrected chi connectivity index (χ1v) is 8.75. The third-order valence-electron chi connectivity index (χ3n) is 3.10. The highest BCUT2D eigenvalue weighted by molar-refractivity contribution is 7.26. The Morgan fingerprint density at radius 1 is 1.13 bits per heavy atom. The molecule has 0 saturated carbocycles. The van der Waals surface area contributed by atoms with E-state index in [1.54, 1.807) is 6.92 Å². The van der Waals surface area contributed by atoms with Gasteiger partial charge in [0.15, 0.2) is 9.03 Å². The van der Waals surface area contributed by atoms with Crippen LogP contribution in [0.25, 0.3) is 0 Å². The van der Waals surface area contributed by atoms with Gasteiger partial charge in [0.25, 0.3) is 0 Å². The molecular weight excluding hydrogens is 335 g/mol. The van der Waals surface area contributed by atoms with Gasteiger partial charge in [0.2, 0.25) is 10.8 Å². The van der Waals surface area contributed by atoms with E-state index in [0.717, 1.165) is 29.9 Å². The van der Waals surface area contributed by atoms with Gasteiger partial charge in [-0.1, -0.05) is 29.3 Å². The zero-order valence-corrected chi connectivity index (χ0v) is 16.8. The van der Waals surface area contributed by atoms with Crippen LogP contribution in [0.2, 0.25) is 0 Å². The number of carbonyl (C=O) groups excluding carboxylic acids is 1. The van der Waals surface area contributed by atoms with Crippen molar-refractivity contribution in [3.05, 3.63) is 34.4 Å². The molecule has 0 aliphatic heterocycles. The molecule has 132 valence electrons. The van der Waals surface area contributed by atoms with E-state index in [0.29, 0.717) is 5.56 Å².